The molecule has 1 unspecified atom stereocenters. The fourth-order valence-corrected chi connectivity index (χ4v) is 5.05. The number of fused-ring (bicyclic) bond motifs is 1. The van der Waals surface area contributed by atoms with Crippen molar-refractivity contribution < 1.29 is 4.79 Å². The highest BCUT2D eigenvalue weighted by Crippen LogP contribution is 2.62. The summed E-state index contributed by atoms with van der Waals surface area (Å²) in [6, 6.07) is 7.88. The van der Waals surface area contributed by atoms with E-state index < -0.39 is 0 Å². The van der Waals surface area contributed by atoms with Gasteiger partial charge in [-0.1, -0.05) is 18.5 Å². The van der Waals surface area contributed by atoms with Gasteiger partial charge < -0.3 is 5.32 Å². The second-order valence-corrected chi connectivity index (χ2v) is 8.85. The van der Waals surface area contributed by atoms with Gasteiger partial charge in [0, 0.05) is 22.8 Å². The average Bonchev–Trinajstić information content (AvgIpc) is 2.95. The first-order valence-corrected chi connectivity index (χ1v) is 10.3. The van der Waals surface area contributed by atoms with Crippen LogP contribution in [-0.4, -0.2) is 21.7 Å². The predicted molar refractivity (Wildman–Crippen MR) is 107 cm³/mol. The van der Waals surface area contributed by atoms with Gasteiger partial charge in [0.25, 0.3) is 5.91 Å². The summed E-state index contributed by atoms with van der Waals surface area (Å²) in [5, 5.41) is 8.37. The van der Waals surface area contributed by atoms with E-state index in [0.29, 0.717) is 22.5 Å². The molecule has 2 aromatic rings. The Kier molecular flexibility index (Phi) is 4.79. The number of hydrogen-bond acceptors (Lipinski definition) is 2. The Balaban J connectivity index is 1.36. The van der Waals surface area contributed by atoms with E-state index in [4.69, 9.17) is 11.6 Å². The van der Waals surface area contributed by atoms with Crippen LogP contribution in [0.1, 0.15) is 42.6 Å². The Morgan fingerprint density at radius 3 is 2.60 bits per heavy atom. The number of amides is 1. The van der Waals surface area contributed by atoms with Crippen LogP contribution < -0.4 is 5.32 Å². The zero-order valence-corrected chi connectivity index (χ0v) is 16.9. The maximum Gasteiger partial charge on any atom is 0.251 e. The van der Waals surface area contributed by atoms with Crippen LogP contribution in [0.3, 0.4) is 0 Å². The molecule has 0 spiro atoms. The van der Waals surface area contributed by atoms with Crippen molar-refractivity contribution in [3.8, 4) is 0 Å². The molecule has 6 heteroatoms. The van der Waals surface area contributed by atoms with Crippen LogP contribution in [0.5, 0.6) is 0 Å². The van der Waals surface area contributed by atoms with Crippen molar-refractivity contribution in [2.75, 3.05) is 0 Å². The highest BCUT2D eigenvalue weighted by atomic mass is 127. The van der Waals surface area contributed by atoms with Crippen molar-refractivity contribution in [1.82, 2.24) is 15.1 Å². The van der Waals surface area contributed by atoms with Gasteiger partial charge >= 0.3 is 0 Å². The molecule has 132 valence electrons. The molecule has 2 saturated carbocycles. The summed E-state index contributed by atoms with van der Waals surface area (Å²) in [7, 11) is 0. The van der Waals surface area contributed by atoms with Gasteiger partial charge in [-0.05, 0) is 83.9 Å². The molecule has 1 heterocycles. The first-order valence-electron chi connectivity index (χ1n) is 8.83. The van der Waals surface area contributed by atoms with E-state index in [0.717, 1.165) is 18.3 Å². The molecular formula is C19H21ClIN3O. The van der Waals surface area contributed by atoms with Gasteiger partial charge in [0.1, 0.15) is 0 Å². The minimum atomic E-state index is 0.00618. The third-order valence-electron chi connectivity index (χ3n) is 5.76. The summed E-state index contributed by atoms with van der Waals surface area (Å²) in [5.41, 5.74) is 0.678. The Bertz CT molecular complexity index is 763. The van der Waals surface area contributed by atoms with Gasteiger partial charge in [-0.25, -0.2) is 0 Å². The van der Waals surface area contributed by atoms with Crippen molar-refractivity contribution in [2.24, 2.45) is 17.8 Å². The van der Waals surface area contributed by atoms with Crippen LogP contribution in [0.2, 0.25) is 5.02 Å². The number of carbonyl (C=O) groups excluding carboxylic acids is 1. The minimum Gasteiger partial charge on any atom is -0.349 e. The zero-order chi connectivity index (χ0) is 17.6. The molecule has 5 atom stereocenters. The summed E-state index contributed by atoms with van der Waals surface area (Å²) >= 11 is 8.21. The second kappa shape index (κ2) is 6.91. The van der Waals surface area contributed by atoms with Gasteiger partial charge in [0.2, 0.25) is 0 Å². The van der Waals surface area contributed by atoms with Gasteiger partial charge in [0.05, 0.1) is 15.8 Å². The SMILES string of the molecule is CCC(NC(=O)c1ccc(Cl)cc1)[C@H]1[C@@H]2C[C@@H](n3cc(I)cn3)C[C@@H]21. The van der Waals surface area contributed by atoms with Crippen molar-refractivity contribution in [2.45, 2.75) is 38.3 Å². The molecule has 2 aliphatic carbocycles. The lowest BCUT2D eigenvalue weighted by Crippen LogP contribution is -2.37. The number of hydrogen-bond donors (Lipinski definition) is 1. The van der Waals surface area contributed by atoms with Crippen molar-refractivity contribution in [1.29, 1.82) is 0 Å². The van der Waals surface area contributed by atoms with Crippen LogP contribution in [-0.2, 0) is 0 Å². The number of rotatable bonds is 5. The summed E-state index contributed by atoms with van der Waals surface area (Å²) < 4.78 is 3.31. The van der Waals surface area contributed by atoms with E-state index in [1.165, 1.54) is 16.4 Å². The fourth-order valence-electron chi connectivity index (χ4n) is 4.51. The molecule has 1 aromatic carbocycles. The van der Waals surface area contributed by atoms with E-state index in [2.05, 4.69) is 50.8 Å². The third kappa shape index (κ3) is 3.45. The van der Waals surface area contributed by atoms with Gasteiger partial charge in [-0.15, -0.1) is 0 Å². The summed E-state index contributed by atoms with van der Waals surface area (Å²) in [4.78, 5) is 12.5. The molecule has 1 amide bonds. The van der Waals surface area contributed by atoms with Gasteiger partial charge in [-0.2, -0.15) is 5.10 Å². The van der Waals surface area contributed by atoms with Crippen LogP contribution in [0.4, 0.5) is 0 Å². The number of nitrogens with one attached hydrogen (secondary N) is 1. The van der Waals surface area contributed by atoms with Crippen LogP contribution in [0, 0.1) is 21.3 Å². The number of aromatic nitrogens is 2. The number of halogens is 2. The molecule has 4 rings (SSSR count). The summed E-state index contributed by atoms with van der Waals surface area (Å²) in [5.74, 6) is 2.07. The molecule has 2 aliphatic rings. The zero-order valence-electron chi connectivity index (χ0n) is 14.0. The largest absolute Gasteiger partial charge is 0.349 e. The van der Waals surface area contributed by atoms with E-state index in [1.807, 2.05) is 6.20 Å². The molecule has 1 N–H and O–H groups in total. The quantitative estimate of drug-likeness (QED) is 0.653. The molecule has 2 fully saturated rings. The lowest BCUT2D eigenvalue weighted by Gasteiger charge is -2.21. The molecule has 0 saturated heterocycles. The minimum absolute atomic E-state index is 0.00618. The van der Waals surface area contributed by atoms with Crippen molar-refractivity contribution in [3.63, 3.8) is 0 Å². The lowest BCUT2D eigenvalue weighted by atomic mass is 9.99. The summed E-state index contributed by atoms with van der Waals surface area (Å²) in [6.45, 7) is 2.16. The topological polar surface area (TPSA) is 46.9 Å². The van der Waals surface area contributed by atoms with Crippen molar-refractivity contribution in [3.05, 3.63) is 50.8 Å². The Morgan fingerprint density at radius 1 is 1.36 bits per heavy atom. The fraction of sp³-hybridized carbons (Fsp3) is 0.474. The highest BCUT2D eigenvalue weighted by Gasteiger charge is 2.59. The second-order valence-electron chi connectivity index (χ2n) is 7.16. The Hall–Kier alpha value is -1.08. The normalized spacial score (nSPS) is 28.4. The smallest absolute Gasteiger partial charge is 0.251 e. The molecular weight excluding hydrogens is 449 g/mol. The number of nitrogens with zero attached hydrogens (tertiary/aromatic N) is 2. The van der Waals surface area contributed by atoms with Crippen LogP contribution >= 0.6 is 34.2 Å². The standard InChI is InChI=1S/C19H21ClIN3O/c1-2-17(23-19(25)11-3-5-12(20)6-4-11)18-15-7-14(8-16(15)18)24-10-13(21)9-22-24/h3-6,9-10,14-18H,2,7-8H2,1H3,(H,23,25)/t14-,15-,16+,17?,18+. The van der Waals surface area contributed by atoms with Crippen LogP contribution in [0.15, 0.2) is 36.7 Å². The lowest BCUT2D eigenvalue weighted by molar-refractivity contribution is 0.0926. The van der Waals surface area contributed by atoms with Crippen molar-refractivity contribution >= 4 is 40.1 Å². The monoisotopic (exact) mass is 469 g/mol. The number of carbonyl (C=O) groups is 1. The molecule has 4 nitrogen and oxygen atoms in total. The van der Waals surface area contributed by atoms with E-state index >= 15 is 0 Å². The predicted octanol–water partition coefficient (Wildman–Crippen LogP) is 4.55. The van der Waals surface area contributed by atoms with Crippen LogP contribution in [0.25, 0.3) is 0 Å². The Morgan fingerprint density at radius 2 is 2.04 bits per heavy atom. The highest BCUT2D eigenvalue weighted by molar-refractivity contribution is 14.1. The van der Waals surface area contributed by atoms with Gasteiger partial charge in [-0.3, -0.25) is 9.48 Å². The maximum atomic E-state index is 12.5. The average molecular weight is 470 g/mol. The van der Waals surface area contributed by atoms with E-state index in [1.54, 1.807) is 24.3 Å². The molecule has 0 radical (unpaired) electrons. The molecule has 0 bridgehead atoms. The first-order chi connectivity index (χ1) is 12.1. The third-order valence-corrected chi connectivity index (χ3v) is 6.57. The van der Waals surface area contributed by atoms with E-state index in [-0.39, 0.29) is 11.9 Å². The molecule has 1 aromatic heterocycles. The molecule has 25 heavy (non-hydrogen) atoms. The number of benzene rings is 1. The van der Waals surface area contributed by atoms with E-state index in [9.17, 15) is 4.79 Å². The Labute approximate surface area is 166 Å². The van der Waals surface area contributed by atoms with Gasteiger partial charge in [0.15, 0.2) is 0 Å². The summed E-state index contributed by atoms with van der Waals surface area (Å²) in [6.07, 6.45) is 7.38. The maximum absolute atomic E-state index is 12.5. The first kappa shape index (κ1) is 17.3. The molecule has 0 aliphatic heterocycles.